The highest BCUT2D eigenvalue weighted by Gasteiger charge is 2.13. The lowest BCUT2D eigenvalue weighted by Crippen LogP contribution is -2.31. The van der Waals surface area contributed by atoms with E-state index < -0.39 is 0 Å². The van der Waals surface area contributed by atoms with E-state index in [0.29, 0.717) is 30.4 Å². The van der Waals surface area contributed by atoms with Crippen molar-refractivity contribution in [3.63, 3.8) is 0 Å². The third-order valence-electron chi connectivity index (χ3n) is 4.14. The molecular weight excluding hydrogens is 360 g/mol. The highest BCUT2D eigenvalue weighted by atomic mass is 16.6. The Balaban J connectivity index is 1.51. The van der Waals surface area contributed by atoms with E-state index in [4.69, 9.17) is 14.2 Å². The zero-order valence-electron chi connectivity index (χ0n) is 15.8. The fraction of sp³-hybridized carbons (Fsp3) is 0.238. The Morgan fingerprint density at radius 3 is 2.50 bits per heavy atom. The first kappa shape index (κ1) is 19.3. The number of fused-ring (bicyclic) bond motifs is 1. The first-order chi connectivity index (χ1) is 13.5. The predicted octanol–water partition coefficient (Wildman–Crippen LogP) is 2.62. The Morgan fingerprint density at radius 2 is 1.79 bits per heavy atom. The molecule has 0 aromatic heterocycles. The molecule has 0 fully saturated rings. The van der Waals surface area contributed by atoms with Gasteiger partial charge in [-0.1, -0.05) is 12.1 Å². The lowest BCUT2D eigenvalue weighted by molar-refractivity contribution is -0.121. The van der Waals surface area contributed by atoms with E-state index in [1.54, 1.807) is 25.3 Å². The van der Waals surface area contributed by atoms with Crippen LogP contribution < -0.4 is 24.8 Å². The van der Waals surface area contributed by atoms with Gasteiger partial charge in [0.15, 0.2) is 11.5 Å². The molecule has 3 rings (SSSR count). The first-order valence-electron chi connectivity index (χ1n) is 8.85. The third-order valence-corrected chi connectivity index (χ3v) is 4.14. The number of anilines is 1. The molecule has 2 N–H and O–H groups in total. The number of carbonyl (C=O) groups is 2. The maximum Gasteiger partial charge on any atom is 0.244 e. The lowest BCUT2D eigenvalue weighted by Gasteiger charge is -2.19. The van der Waals surface area contributed by atoms with Crippen molar-refractivity contribution >= 4 is 23.1 Å². The number of rotatable bonds is 6. The molecule has 0 atom stereocenters. The molecule has 1 aliphatic heterocycles. The molecule has 146 valence electrons. The molecule has 0 saturated heterocycles. The standard InChI is InChI=1S/C21H22N2O5/c1-14(15-3-6-17(26-2)7-4-15)11-20(24)22-13-21(25)23-16-5-8-18-19(12-16)28-10-9-27-18/h3-8,11-12H,9-10,13H2,1-2H3,(H,22,24)(H,23,25)/b14-11+. The number of hydrogen-bond donors (Lipinski definition) is 2. The molecule has 2 amide bonds. The smallest absolute Gasteiger partial charge is 0.244 e. The fourth-order valence-corrected chi connectivity index (χ4v) is 2.68. The van der Waals surface area contributed by atoms with Gasteiger partial charge < -0.3 is 24.8 Å². The van der Waals surface area contributed by atoms with Crippen LogP contribution in [0.15, 0.2) is 48.5 Å². The summed E-state index contributed by atoms with van der Waals surface area (Å²) in [5, 5.41) is 5.30. The average Bonchev–Trinajstić information content (AvgIpc) is 2.72. The van der Waals surface area contributed by atoms with Crippen LogP contribution in [-0.2, 0) is 9.59 Å². The van der Waals surface area contributed by atoms with Gasteiger partial charge in [-0.2, -0.15) is 0 Å². The molecule has 0 radical (unpaired) electrons. The van der Waals surface area contributed by atoms with Crippen LogP contribution in [0.4, 0.5) is 5.69 Å². The van der Waals surface area contributed by atoms with Crippen molar-refractivity contribution in [1.29, 1.82) is 0 Å². The highest BCUT2D eigenvalue weighted by Crippen LogP contribution is 2.32. The third kappa shape index (κ3) is 5.03. The number of nitrogens with one attached hydrogen (secondary N) is 2. The summed E-state index contributed by atoms with van der Waals surface area (Å²) in [6, 6.07) is 12.5. The van der Waals surface area contributed by atoms with Crippen LogP contribution in [0, 0.1) is 0 Å². The molecule has 1 heterocycles. The number of amides is 2. The molecule has 2 aromatic rings. The van der Waals surface area contributed by atoms with Crippen LogP contribution >= 0.6 is 0 Å². The molecule has 1 aliphatic rings. The second-order valence-corrected chi connectivity index (χ2v) is 6.18. The largest absolute Gasteiger partial charge is 0.497 e. The minimum atomic E-state index is -0.342. The zero-order chi connectivity index (χ0) is 19.9. The van der Waals surface area contributed by atoms with Crippen LogP contribution in [0.5, 0.6) is 17.2 Å². The van der Waals surface area contributed by atoms with E-state index in [-0.39, 0.29) is 18.4 Å². The van der Waals surface area contributed by atoms with Gasteiger partial charge in [0.25, 0.3) is 0 Å². The van der Waals surface area contributed by atoms with E-state index in [2.05, 4.69) is 10.6 Å². The summed E-state index contributed by atoms with van der Waals surface area (Å²) >= 11 is 0. The summed E-state index contributed by atoms with van der Waals surface area (Å²) in [6.07, 6.45) is 1.46. The van der Waals surface area contributed by atoms with Crippen molar-refractivity contribution in [3.05, 3.63) is 54.1 Å². The van der Waals surface area contributed by atoms with Crippen LogP contribution in [0.3, 0.4) is 0 Å². The number of carbonyl (C=O) groups excluding carboxylic acids is 2. The Kier molecular flexibility index (Phi) is 6.16. The van der Waals surface area contributed by atoms with Crippen LogP contribution in [0.1, 0.15) is 12.5 Å². The second kappa shape index (κ2) is 8.94. The second-order valence-electron chi connectivity index (χ2n) is 6.18. The Morgan fingerprint density at radius 1 is 1.07 bits per heavy atom. The number of ether oxygens (including phenoxy) is 3. The van der Waals surface area contributed by atoms with Crippen LogP contribution in [0.25, 0.3) is 5.57 Å². The van der Waals surface area contributed by atoms with Crippen molar-refractivity contribution in [1.82, 2.24) is 5.32 Å². The van der Waals surface area contributed by atoms with Crippen molar-refractivity contribution in [2.75, 3.05) is 32.2 Å². The van der Waals surface area contributed by atoms with Gasteiger partial charge in [-0.05, 0) is 42.3 Å². The van der Waals surface area contributed by atoms with E-state index >= 15 is 0 Å². The summed E-state index contributed by atoms with van der Waals surface area (Å²) < 4.78 is 16.0. The number of hydrogen-bond acceptors (Lipinski definition) is 5. The topological polar surface area (TPSA) is 85.9 Å². The van der Waals surface area contributed by atoms with Gasteiger partial charge in [-0.15, -0.1) is 0 Å². The minimum Gasteiger partial charge on any atom is -0.497 e. The molecule has 28 heavy (non-hydrogen) atoms. The van der Waals surface area contributed by atoms with Gasteiger partial charge >= 0.3 is 0 Å². The maximum atomic E-state index is 12.1. The monoisotopic (exact) mass is 382 g/mol. The number of benzene rings is 2. The number of methoxy groups -OCH3 is 1. The molecule has 0 bridgehead atoms. The molecule has 0 aliphatic carbocycles. The Hall–Kier alpha value is -3.48. The number of allylic oxidation sites excluding steroid dienone is 1. The van der Waals surface area contributed by atoms with Gasteiger partial charge in [0, 0.05) is 17.8 Å². The first-order valence-corrected chi connectivity index (χ1v) is 8.85. The summed E-state index contributed by atoms with van der Waals surface area (Å²) in [5.74, 6) is 1.31. The van der Waals surface area contributed by atoms with E-state index in [9.17, 15) is 9.59 Å². The average molecular weight is 382 g/mol. The van der Waals surface area contributed by atoms with Gasteiger partial charge in [0.2, 0.25) is 11.8 Å². The molecule has 2 aromatic carbocycles. The normalized spacial score (nSPS) is 12.9. The van der Waals surface area contributed by atoms with Gasteiger partial charge in [-0.3, -0.25) is 9.59 Å². The van der Waals surface area contributed by atoms with E-state index in [1.165, 1.54) is 6.08 Å². The zero-order valence-corrected chi connectivity index (χ0v) is 15.8. The summed E-state index contributed by atoms with van der Waals surface area (Å²) in [6.45, 7) is 2.67. The summed E-state index contributed by atoms with van der Waals surface area (Å²) in [4.78, 5) is 24.1. The molecule has 0 saturated carbocycles. The maximum absolute atomic E-state index is 12.1. The summed E-state index contributed by atoms with van der Waals surface area (Å²) in [5.41, 5.74) is 2.26. The van der Waals surface area contributed by atoms with Crippen molar-refractivity contribution in [3.8, 4) is 17.2 Å². The lowest BCUT2D eigenvalue weighted by atomic mass is 10.1. The molecule has 0 unspecified atom stereocenters. The quantitative estimate of drug-likeness (QED) is 0.750. The van der Waals surface area contributed by atoms with Crippen LogP contribution in [-0.4, -0.2) is 38.7 Å². The van der Waals surface area contributed by atoms with Gasteiger partial charge in [-0.25, -0.2) is 0 Å². The summed E-state index contributed by atoms with van der Waals surface area (Å²) in [7, 11) is 1.60. The van der Waals surface area contributed by atoms with E-state index in [1.807, 2.05) is 31.2 Å². The molecule has 7 nitrogen and oxygen atoms in total. The van der Waals surface area contributed by atoms with Crippen molar-refractivity contribution < 1.29 is 23.8 Å². The van der Waals surface area contributed by atoms with Gasteiger partial charge in [0.1, 0.15) is 19.0 Å². The molecular formula is C21H22N2O5. The SMILES string of the molecule is COc1ccc(/C(C)=C/C(=O)NCC(=O)Nc2ccc3c(c2)OCCO3)cc1. The Labute approximate surface area is 163 Å². The minimum absolute atomic E-state index is 0.139. The van der Waals surface area contributed by atoms with E-state index in [0.717, 1.165) is 16.9 Å². The van der Waals surface area contributed by atoms with Crippen molar-refractivity contribution in [2.45, 2.75) is 6.92 Å². The highest BCUT2D eigenvalue weighted by molar-refractivity contribution is 5.99. The molecule has 0 spiro atoms. The predicted molar refractivity (Wildman–Crippen MR) is 106 cm³/mol. The Bertz CT molecular complexity index is 890. The van der Waals surface area contributed by atoms with Gasteiger partial charge in [0.05, 0.1) is 13.7 Å². The molecule has 7 heteroatoms. The van der Waals surface area contributed by atoms with Crippen LogP contribution in [0.2, 0.25) is 0 Å². The van der Waals surface area contributed by atoms with Crippen molar-refractivity contribution in [2.24, 2.45) is 0 Å². The fourth-order valence-electron chi connectivity index (χ4n) is 2.68.